The van der Waals surface area contributed by atoms with E-state index in [4.69, 9.17) is 10.5 Å². The summed E-state index contributed by atoms with van der Waals surface area (Å²) in [5, 5.41) is 10.3. The molecule has 3 atom stereocenters. The fraction of sp³-hybridized carbons (Fsp3) is 0.923. The Morgan fingerprint density at radius 2 is 2.17 bits per heavy atom. The lowest BCUT2D eigenvalue weighted by Gasteiger charge is -2.20. The van der Waals surface area contributed by atoms with Gasteiger partial charge < -0.3 is 15.6 Å². The number of aliphatic hydroxyl groups is 1. The Bertz CT molecular complexity index is 250. The van der Waals surface area contributed by atoms with Crippen LogP contribution in [-0.2, 0) is 9.53 Å². The molecule has 0 aromatic rings. The van der Waals surface area contributed by atoms with Crippen molar-refractivity contribution in [2.24, 2.45) is 5.73 Å². The predicted molar refractivity (Wildman–Crippen MR) is 74.6 cm³/mol. The molecule has 0 amide bonds. The van der Waals surface area contributed by atoms with Crippen LogP contribution in [0.2, 0.25) is 0 Å². The fourth-order valence-electron chi connectivity index (χ4n) is 2.16. The molecule has 0 aliphatic heterocycles. The van der Waals surface area contributed by atoms with Gasteiger partial charge >= 0.3 is 5.97 Å². The third kappa shape index (κ3) is 5.59. The Morgan fingerprint density at radius 3 is 2.89 bits per heavy atom. The normalized spacial score (nSPS) is 26.4. The van der Waals surface area contributed by atoms with Crippen molar-refractivity contribution in [1.29, 1.82) is 0 Å². The maximum absolute atomic E-state index is 11.3. The van der Waals surface area contributed by atoms with Crippen LogP contribution in [0.3, 0.4) is 0 Å². The van der Waals surface area contributed by atoms with Crippen molar-refractivity contribution in [2.45, 2.75) is 62.8 Å². The number of aliphatic hydroxyl groups excluding tert-OH is 1. The number of thioether (sulfide) groups is 1. The summed E-state index contributed by atoms with van der Waals surface area (Å²) in [5.74, 6) is 0.487. The van der Waals surface area contributed by atoms with E-state index in [1.807, 2.05) is 0 Å². The van der Waals surface area contributed by atoms with E-state index in [1.54, 1.807) is 18.7 Å². The highest BCUT2D eigenvalue weighted by molar-refractivity contribution is 7.99. The summed E-state index contributed by atoms with van der Waals surface area (Å²) in [6.07, 6.45) is 5.93. The first kappa shape index (κ1) is 15.8. The van der Waals surface area contributed by atoms with Crippen molar-refractivity contribution in [3.05, 3.63) is 0 Å². The monoisotopic (exact) mass is 275 g/mol. The van der Waals surface area contributed by atoms with Gasteiger partial charge in [0.15, 0.2) is 0 Å². The van der Waals surface area contributed by atoms with Crippen LogP contribution in [0.15, 0.2) is 0 Å². The SMILES string of the molecule is CCOC(=O)C(N)CCSC1CCCCCC1O. The van der Waals surface area contributed by atoms with E-state index in [-0.39, 0.29) is 12.1 Å². The summed E-state index contributed by atoms with van der Waals surface area (Å²) < 4.78 is 4.86. The summed E-state index contributed by atoms with van der Waals surface area (Å²) in [7, 11) is 0. The van der Waals surface area contributed by atoms with Gasteiger partial charge in [0.25, 0.3) is 0 Å². The first-order valence-electron chi connectivity index (χ1n) is 6.87. The van der Waals surface area contributed by atoms with Gasteiger partial charge in [-0.1, -0.05) is 19.3 Å². The molecule has 0 radical (unpaired) electrons. The van der Waals surface area contributed by atoms with Crippen LogP contribution in [-0.4, -0.2) is 40.8 Å². The number of carbonyl (C=O) groups excluding carboxylic acids is 1. The molecule has 0 aromatic heterocycles. The van der Waals surface area contributed by atoms with Gasteiger partial charge in [0.2, 0.25) is 0 Å². The molecule has 1 aliphatic rings. The number of hydrogen-bond donors (Lipinski definition) is 2. The van der Waals surface area contributed by atoms with Gasteiger partial charge in [0.05, 0.1) is 12.7 Å². The Labute approximate surface area is 114 Å². The third-order valence-electron chi connectivity index (χ3n) is 3.27. The first-order chi connectivity index (χ1) is 8.65. The van der Waals surface area contributed by atoms with Gasteiger partial charge in [-0.3, -0.25) is 4.79 Å². The van der Waals surface area contributed by atoms with Crippen LogP contribution in [0.5, 0.6) is 0 Å². The predicted octanol–water partition coefficient (Wildman–Crippen LogP) is 1.69. The summed E-state index contributed by atoms with van der Waals surface area (Å²) in [5.41, 5.74) is 5.73. The summed E-state index contributed by atoms with van der Waals surface area (Å²) in [6.45, 7) is 2.16. The molecule has 1 aliphatic carbocycles. The molecule has 0 aromatic carbocycles. The molecule has 0 spiro atoms. The maximum Gasteiger partial charge on any atom is 0.322 e. The zero-order chi connectivity index (χ0) is 13.4. The number of rotatable bonds is 6. The van der Waals surface area contributed by atoms with E-state index in [0.717, 1.165) is 25.0 Å². The van der Waals surface area contributed by atoms with Crippen molar-refractivity contribution >= 4 is 17.7 Å². The van der Waals surface area contributed by atoms with E-state index >= 15 is 0 Å². The van der Waals surface area contributed by atoms with E-state index < -0.39 is 6.04 Å². The molecule has 0 saturated heterocycles. The zero-order valence-corrected chi connectivity index (χ0v) is 12.0. The second-order valence-electron chi connectivity index (χ2n) is 4.76. The quantitative estimate of drug-likeness (QED) is 0.570. The molecule has 0 heterocycles. The van der Waals surface area contributed by atoms with Crippen LogP contribution in [0.4, 0.5) is 0 Å². The Morgan fingerprint density at radius 1 is 1.44 bits per heavy atom. The van der Waals surface area contributed by atoms with Crippen LogP contribution >= 0.6 is 11.8 Å². The highest BCUT2D eigenvalue weighted by atomic mass is 32.2. The van der Waals surface area contributed by atoms with Crippen molar-refractivity contribution in [3.63, 3.8) is 0 Å². The summed E-state index contributed by atoms with van der Waals surface area (Å²) in [6, 6.07) is -0.527. The Balaban J connectivity index is 2.21. The molecule has 106 valence electrons. The number of esters is 1. The molecule has 18 heavy (non-hydrogen) atoms. The average molecular weight is 275 g/mol. The lowest BCUT2D eigenvalue weighted by Crippen LogP contribution is -2.33. The highest BCUT2D eigenvalue weighted by Crippen LogP contribution is 2.28. The minimum atomic E-state index is -0.527. The van der Waals surface area contributed by atoms with Gasteiger partial charge in [-0.15, -0.1) is 0 Å². The number of hydrogen-bond acceptors (Lipinski definition) is 5. The molecule has 1 saturated carbocycles. The number of carbonyl (C=O) groups is 1. The third-order valence-corrected chi connectivity index (χ3v) is 4.72. The summed E-state index contributed by atoms with van der Waals surface area (Å²) >= 11 is 1.74. The van der Waals surface area contributed by atoms with Crippen molar-refractivity contribution in [2.75, 3.05) is 12.4 Å². The maximum atomic E-state index is 11.3. The van der Waals surface area contributed by atoms with Gasteiger partial charge in [0.1, 0.15) is 6.04 Å². The topological polar surface area (TPSA) is 72.5 Å². The Hall–Kier alpha value is -0.260. The van der Waals surface area contributed by atoms with Crippen molar-refractivity contribution < 1.29 is 14.6 Å². The molecule has 3 unspecified atom stereocenters. The molecule has 1 rings (SSSR count). The molecule has 1 fully saturated rings. The number of nitrogens with two attached hydrogens (primary N) is 1. The second-order valence-corrected chi connectivity index (χ2v) is 6.11. The molecule has 3 N–H and O–H groups in total. The molecular formula is C13H25NO3S. The van der Waals surface area contributed by atoms with Crippen LogP contribution in [0.25, 0.3) is 0 Å². The van der Waals surface area contributed by atoms with Crippen LogP contribution < -0.4 is 5.73 Å². The minimum absolute atomic E-state index is 0.198. The van der Waals surface area contributed by atoms with Gasteiger partial charge in [-0.2, -0.15) is 11.8 Å². The average Bonchev–Trinajstić information content (AvgIpc) is 2.55. The Kier molecular flexibility index (Phi) is 7.70. The van der Waals surface area contributed by atoms with E-state index in [1.165, 1.54) is 12.8 Å². The van der Waals surface area contributed by atoms with Crippen LogP contribution in [0.1, 0.15) is 45.4 Å². The second kappa shape index (κ2) is 8.77. The van der Waals surface area contributed by atoms with Gasteiger partial charge in [-0.25, -0.2) is 0 Å². The molecule has 5 heteroatoms. The van der Waals surface area contributed by atoms with E-state index in [2.05, 4.69) is 0 Å². The van der Waals surface area contributed by atoms with E-state index in [0.29, 0.717) is 18.3 Å². The minimum Gasteiger partial charge on any atom is -0.465 e. The largest absolute Gasteiger partial charge is 0.465 e. The van der Waals surface area contributed by atoms with Crippen molar-refractivity contribution in [1.82, 2.24) is 0 Å². The number of ether oxygens (including phenoxy) is 1. The van der Waals surface area contributed by atoms with E-state index in [9.17, 15) is 9.90 Å². The standard InChI is InChI=1S/C13H25NO3S/c1-2-17-13(16)10(14)8-9-18-12-7-5-3-4-6-11(12)15/h10-12,15H,2-9,14H2,1H3. The highest BCUT2D eigenvalue weighted by Gasteiger charge is 2.22. The molecule has 4 nitrogen and oxygen atoms in total. The molecular weight excluding hydrogens is 250 g/mol. The van der Waals surface area contributed by atoms with Gasteiger partial charge in [0, 0.05) is 5.25 Å². The van der Waals surface area contributed by atoms with Crippen LogP contribution in [0, 0.1) is 0 Å². The zero-order valence-electron chi connectivity index (χ0n) is 11.1. The first-order valence-corrected chi connectivity index (χ1v) is 7.92. The fourth-order valence-corrected chi connectivity index (χ4v) is 3.55. The lowest BCUT2D eigenvalue weighted by atomic mass is 10.1. The van der Waals surface area contributed by atoms with Gasteiger partial charge in [-0.05, 0) is 31.9 Å². The molecule has 0 bridgehead atoms. The smallest absolute Gasteiger partial charge is 0.322 e. The lowest BCUT2D eigenvalue weighted by molar-refractivity contribution is -0.144. The summed E-state index contributed by atoms with van der Waals surface area (Å²) in [4.78, 5) is 11.3. The van der Waals surface area contributed by atoms with Crippen molar-refractivity contribution in [3.8, 4) is 0 Å².